The van der Waals surface area contributed by atoms with Crippen molar-refractivity contribution < 1.29 is 19.0 Å². The molecule has 174 valence electrons. The summed E-state index contributed by atoms with van der Waals surface area (Å²) in [5.41, 5.74) is 2.49. The number of anilines is 1. The molecule has 1 amide bonds. The topological polar surface area (TPSA) is 107 Å². The maximum atomic E-state index is 16.2. The van der Waals surface area contributed by atoms with E-state index in [1.807, 2.05) is 30.9 Å². The summed E-state index contributed by atoms with van der Waals surface area (Å²) in [4.78, 5) is 23.8. The summed E-state index contributed by atoms with van der Waals surface area (Å²) in [5.74, 6) is 0.223. The molecule has 34 heavy (non-hydrogen) atoms. The number of hydrogen-bond acceptors (Lipinski definition) is 6. The number of hydrogen-bond donors (Lipinski definition) is 2. The molecule has 2 N–H and O–H groups in total. The van der Waals surface area contributed by atoms with Gasteiger partial charge < -0.3 is 19.6 Å². The van der Waals surface area contributed by atoms with E-state index in [1.54, 1.807) is 6.20 Å². The molecule has 0 bridgehead atoms. The Hall–Kier alpha value is -3.66. The number of H-pyrrole nitrogens is 1. The van der Waals surface area contributed by atoms with Crippen molar-refractivity contribution in [3.8, 4) is 16.9 Å². The maximum absolute atomic E-state index is 16.2. The number of aryl methyl sites for hydroxylation is 1. The van der Waals surface area contributed by atoms with Crippen molar-refractivity contribution >= 4 is 45.3 Å². The van der Waals surface area contributed by atoms with E-state index in [1.165, 1.54) is 11.2 Å². The number of aromatic nitrogens is 4. The minimum atomic E-state index is -0.989. The van der Waals surface area contributed by atoms with Gasteiger partial charge in [0, 0.05) is 35.6 Å². The summed E-state index contributed by atoms with van der Waals surface area (Å²) in [7, 11) is 0. The molecule has 6 rings (SSSR count). The third kappa shape index (κ3) is 2.84. The zero-order valence-corrected chi connectivity index (χ0v) is 19.1. The zero-order chi connectivity index (χ0) is 23.7. The van der Waals surface area contributed by atoms with Crippen LogP contribution in [0.25, 0.3) is 32.9 Å². The predicted molar refractivity (Wildman–Crippen MR) is 125 cm³/mol. The van der Waals surface area contributed by atoms with Crippen LogP contribution in [0.15, 0.2) is 24.7 Å². The highest BCUT2D eigenvalue weighted by atomic mass is 35.5. The van der Waals surface area contributed by atoms with E-state index in [2.05, 4.69) is 20.2 Å². The van der Waals surface area contributed by atoms with E-state index in [4.69, 9.17) is 16.3 Å². The van der Waals surface area contributed by atoms with Crippen LogP contribution in [0.5, 0.6) is 5.75 Å². The van der Waals surface area contributed by atoms with E-state index >= 15 is 4.39 Å². The largest absolute Gasteiger partial charge is 0.489 e. The second-order valence-electron chi connectivity index (χ2n) is 8.74. The minimum absolute atomic E-state index is 0.105. The molecule has 2 aromatic heterocycles. The third-order valence-electron chi connectivity index (χ3n) is 6.76. The average Bonchev–Trinajstić information content (AvgIpc) is 3.22. The van der Waals surface area contributed by atoms with Crippen LogP contribution in [0.2, 0.25) is 5.02 Å². The lowest BCUT2D eigenvalue weighted by atomic mass is 9.94. The van der Waals surface area contributed by atoms with Gasteiger partial charge in [-0.15, -0.1) is 0 Å². The third-order valence-corrected chi connectivity index (χ3v) is 7.12. The number of rotatable bonds is 1. The van der Waals surface area contributed by atoms with Crippen LogP contribution in [-0.4, -0.2) is 68.0 Å². The summed E-state index contributed by atoms with van der Waals surface area (Å²) in [6, 6.07) is 3.18. The Kier molecular flexibility index (Phi) is 4.57. The van der Waals surface area contributed by atoms with Gasteiger partial charge in [-0.05, 0) is 25.5 Å². The number of carbonyl (C=O) groups is 1. The Morgan fingerprint density at radius 3 is 2.91 bits per heavy atom. The SMILES string of the molecule is Cc1ccc2[nH]ncc2c1-c1c(Cl)c2c3c(ncnc3c1F)N1C[C@@H](C)N(C(=O)O)C[C@H]1CO2. The van der Waals surface area contributed by atoms with Crippen LogP contribution in [0, 0.1) is 12.7 Å². The lowest BCUT2D eigenvalue weighted by molar-refractivity contribution is 0.105. The van der Waals surface area contributed by atoms with Crippen molar-refractivity contribution in [1.82, 2.24) is 25.1 Å². The molecule has 0 unspecified atom stereocenters. The number of amides is 1. The van der Waals surface area contributed by atoms with Gasteiger partial charge in [0.25, 0.3) is 0 Å². The molecule has 2 aliphatic heterocycles. The number of fused-ring (bicyclic) bond motifs is 3. The number of nitrogens with zero attached hydrogens (tertiary/aromatic N) is 5. The van der Waals surface area contributed by atoms with Gasteiger partial charge in [0.15, 0.2) is 11.6 Å². The molecule has 2 aromatic carbocycles. The van der Waals surface area contributed by atoms with Crippen molar-refractivity contribution in [3.63, 3.8) is 0 Å². The number of carboxylic acid groups (broad SMARTS) is 1. The number of aromatic amines is 1. The van der Waals surface area contributed by atoms with Crippen molar-refractivity contribution in [2.45, 2.75) is 25.9 Å². The summed E-state index contributed by atoms with van der Waals surface area (Å²) < 4.78 is 22.4. The van der Waals surface area contributed by atoms with Gasteiger partial charge in [0.2, 0.25) is 0 Å². The molecular formula is C23H20ClFN6O3. The van der Waals surface area contributed by atoms with Gasteiger partial charge in [-0.3, -0.25) is 5.10 Å². The molecule has 0 spiro atoms. The smallest absolute Gasteiger partial charge is 0.407 e. The van der Waals surface area contributed by atoms with Crippen LogP contribution < -0.4 is 9.64 Å². The van der Waals surface area contributed by atoms with Crippen LogP contribution in [-0.2, 0) is 0 Å². The van der Waals surface area contributed by atoms with E-state index in [0.29, 0.717) is 29.1 Å². The van der Waals surface area contributed by atoms with E-state index < -0.39 is 11.9 Å². The van der Waals surface area contributed by atoms with Crippen molar-refractivity contribution in [2.75, 3.05) is 24.6 Å². The molecule has 9 nitrogen and oxygen atoms in total. The zero-order valence-electron chi connectivity index (χ0n) is 18.3. The Morgan fingerprint density at radius 1 is 1.29 bits per heavy atom. The summed E-state index contributed by atoms with van der Waals surface area (Å²) >= 11 is 6.88. The highest BCUT2D eigenvalue weighted by molar-refractivity contribution is 6.37. The minimum Gasteiger partial charge on any atom is -0.489 e. The highest BCUT2D eigenvalue weighted by Crippen LogP contribution is 2.49. The van der Waals surface area contributed by atoms with E-state index in [-0.39, 0.29) is 41.3 Å². The standard InChI is InChI=1S/C23H20ClFN6O3/c1-10-3-4-14-13(5-28-29-14)15(10)16-18(24)21-17-20(19(16)25)26-9-27-22(17)31-6-11(2)30(23(32)33)7-12(31)8-34-21/h3-5,9,11-12H,6-8H2,1-2H3,(H,28,29)(H,32,33)/t11-,12+/m1/s1. The average molecular weight is 483 g/mol. The summed E-state index contributed by atoms with van der Waals surface area (Å²) in [5, 5.41) is 17.9. The normalized spacial score (nSPS) is 19.8. The van der Waals surface area contributed by atoms with Crippen LogP contribution in [0.4, 0.5) is 15.0 Å². The first-order valence-corrected chi connectivity index (χ1v) is 11.2. The number of nitrogens with one attached hydrogen (secondary N) is 1. The maximum Gasteiger partial charge on any atom is 0.407 e. The van der Waals surface area contributed by atoms with Crippen molar-refractivity contribution in [2.24, 2.45) is 0 Å². The first kappa shape index (κ1) is 20.9. The highest BCUT2D eigenvalue weighted by Gasteiger charge is 2.39. The Labute approximate surface area is 198 Å². The first-order valence-electron chi connectivity index (χ1n) is 10.8. The van der Waals surface area contributed by atoms with Gasteiger partial charge >= 0.3 is 6.09 Å². The molecule has 1 fully saturated rings. The molecule has 11 heteroatoms. The number of benzene rings is 2. The summed E-state index contributed by atoms with van der Waals surface area (Å²) in [6.45, 7) is 4.51. The van der Waals surface area contributed by atoms with Gasteiger partial charge in [0.05, 0.1) is 28.2 Å². The molecular weight excluding hydrogens is 463 g/mol. The fraction of sp³-hybridized carbons (Fsp3) is 0.304. The predicted octanol–water partition coefficient (Wildman–Crippen LogP) is 4.22. The van der Waals surface area contributed by atoms with Crippen molar-refractivity contribution in [3.05, 3.63) is 41.1 Å². The molecule has 0 saturated carbocycles. The number of piperazine rings is 1. The monoisotopic (exact) mass is 482 g/mol. The number of halogens is 2. The molecule has 1 saturated heterocycles. The van der Waals surface area contributed by atoms with Gasteiger partial charge in [-0.1, -0.05) is 17.7 Å². The molecule has 4 aromatic rings. The molecule has 0 radical (unpaired) electrons. The van der Waals surface area contributed by atoms with E-state index in [9.17, 15) is 9.90 Å². The fourth-order valence-corrected chi connectivity index (χ4v) is 5.43. The fourth-order valence-electron chi connectivity index (χ4n) is 5.11. The van der Waals surface area contributed by atoms with Gasteiger partial charge in [-0.2, -0.15) is 5.10 Å². The molecule has 4 heterocycles. The van der Waals surface area contributed by atoms with E-state index in [0.717, 1.165) is 16.5 Å². The summed E-state index contributed by atoms with van der Waals surface area (Å²) in [6.07, 6.45) is 1.98. The van der Waals surface area contributed by atoms with Crippen LogP contribution >= 0.6 is 11.6 Å². The molecule has 0 aliphatic carbocycles. The first-order chi connectivity index (χ1) is 16.4. The lowest BCUT2D eigenvalue weighted by Crippen LogP contribution is -2.60. The Bertz CT molecular complexity index is 1490. The molecule has 2 aliphatic rings. The Morgan fingerprint density at radius 2 is 2.12 bits per heavy atom. The molecule has 2 atom stereocenters. The number of ether oxygens (including phenoxy) is 1. The second kappa shape index (κ2) is 7.42. The quantitative estimate of drug-likeness (QED) is 0.418. The van der Waals surface area contributed by atoms with Gasteiger partial charge in [-0.25, -0.2) is 19.2 Å². The van der Waals surface area contributed by atoms with Gasteiger partial charge in [0.1, 0.15) is 24.3 Å². The van der Waals surface area contributed by atoms with Crippen LogP contribution in [0.3, 0.4) is 0 Å². The Balaban J connectivity index is 1.61. The lowest BCUT2D eigenvalue weighted by Gasteiger charge is -2.43. The van der Waals surface area contributed by atoms with Crippen molar-refractivity contribution in [1.29, 1.82) is 0 Å². The van der Waals surface area contributed by atoms with Crippen LogP contribution in [0.1, 0.15) is 12.5 Å². The second-order valence-corrected chi connectivity index (χ2v) is 9.12.